The Labute approximate surface area is 71.2 Å². The van der Waals surface area contributed by atoms with Crippen LogP contribution < -0.4 is 0 Å². The summed E-state index contributed by atoms with van der Waals surface area (Å²) < 4.78 is 0. The number of hydrogen-bond donors (Lipinski definition) is 2. The molecule has 0 heterocycles. The molecule has 0 aromatic rings. The number of ketones is 2. The van der Waals surface area contributed by atoms with E-state index in [0.29, 0.717) is 6.42 Å². The van der Waals surface area contributed by atoms with Crippen molar-refractivity contribution in [2.45, 2.75) is 38.9 Å². The van der Waals surface area contributed by atoms with Gasteiger partial charge in [0.1, 0.15) is 5.78 Å². The molecule has 0 aliphatic heterocycles. The summed E-state index contributed by atoms with van der Waals surface area (Å²) in [6.45, 7) is 1.94. The van der Waals surface area contributed by atoms with Crippen LogP contribution in [0.1, 0.15) is 32.6 Å². The van der Waals surface area contributed by atoms with Gasteiger partial charge in [0.15, 0.2) is 5.78 Å². The molecular formula is C8H14O4. The van der Waals surface area contributed by atoms with Gasteiger partial charge in [-0.1, -0.05) is 13.3 Å². The first-order valence-corrected chi connectivity index (χ1v) is 3.98. The van der Waals surface area contributed by atoms with E-state index in [-0.39, 0.29) is 12.2 Å². The van der Waals surface area contributed by atoms with Crippen LogP contribution in [0.2, 0.25) is 0 Å². The Hall–Kier alpha value is -0.740. The van der Waals surface area contributed by atoms with E-state index < -0.39 is 12.1 Å². The molecule has 2 N–H and O–H groups in total. The lowest BCUT2D eigenvalue weighted by molar-refractivity contribution is -0.147. The molecule has 0 spiro atoms. The minimum atomic E-state index is -2.00. The molecule has 0 bridgehead atoms. The van der Waals surface area contributed by atoms with Crippen LogP contribution in [-0.2, 0) is 9.59 Å². The molecule has 0 aliphatic carbocycles. The minimum Gasteiger partial charge on any atom is -0.362 e. The van der Waals surface area contributed by atoms with Crippen LogP contribution in [-0.4, -0.2) is 28.1 Å². The Morgan fingerprint density at radius 1 is 1.33 bits per heavy atom. The van der Waals surface area contributed by atoms with E-state index in [9.17, 15) is 9.59 Å². The maximum Gasteiger partial charge on any atom is 0.213 e. The van der Waals surface area contributed by atoms with Gasteiger partial charge in [-0.2, -0.15) is 0 Å². The van der Waals surface area contributed by atoms with Crippen molar-refractivity contribution in [3.8, 4) is 0 Å². The van der Waals surface area contributed by atoms with Crippen molar-refractivity contribution in [1.82, 2.24) is 0 Å². The van der Waals surface area contributed by atoms with Crippen molar-refractivity contribution >= 4 is 11.6 Å². The predicted molar refractivity (Wildman–Crippen MR) is 42.4 cm³/mol. The minimum absolute atomic E-state index is 0.227. The monoisotopic (exact) mass is 174 g/mol. The van der Waals surface area contributed by atoms with Gasteiger partial charge in [-0.15, -0.1) is 0 Å². The zero-order chi connectivity index (χ0) is 9.56. The number of Topliss-reactive ketones (excluding diaryl/α,β-unsaturated/α-hetero) is 2. The highest BCUT2D eigenvalue weighted by Gasteiger charge is 2.14. The lowest BCUT2D eigenvalue weighted by Crippen LogP contribution is -2.22. The van der Waals surface area contributed by atoms with Gasteiger partial charge in [0.25, 0.3) is 0 Å². The highest BCUT2D eigenvalue weighted by Crippen LogP contribution is 2.00. The van der Waals surface area contributed by atoms with Gasteiger partial charge in [-0.05, 0) is 6.42 Å². The Morgan fingerprint density at radius 3 is 2.33 bits per heavy atom. The average Bonchev–Trinajstić information content (AvgIpc) is 2.00. The second-order valence-electron chi connectivity index (χ2n) is 2.66. The fourth-order valence-electron chi connectivity index (χ4n) is 0.748. The maximum atomic E-state index is 10.9. The number of aliphatic hydroxyl groups is 2. The molecule has 0 unspecified atom stereocenters. The zero-order valence-corrected chi connectivity index (χ0v) is 7.12. The molecule has 0 radical (unpaired) electrons. The van der Waals surface area contributed by atoms with E-state index >= 15 is 0 Å². The third kappa shape index (κ3) is 4.98. The molecule has 0 rings (SSSR count). The summed E-state index contributed by atoms with van der Waals surface area (Å²) in [6.07, 6.45) is -0.391. The van der Waals surface area contributed by atoms with Crippen LogP contribution in [0.25, 0.3) is 0 Å². The second kappa shape index (κ2) is 5.85. The van der Waals surface area contributed by atoms with Gasteiger partial charge >= 0.3 is 0 Å². The summed E-state index contributed by atoms with van der Waals surface area (Å²) in [4.78, 5) is 21.5. The summed E-state index contributed by atoms with van der Waals surface area (Å²) in [6, 6.07) is 0. The molecule has 12 heavy (non-hydrogen) atoms. The lowest BCUT2D eigenvalue weighted by atomic mass is 10.1. The summed E-state index contributed by atoms with van der Waals surface area (Å²) in [5.41, 5.74) is 0. The summed E-state index contributed by atoms with van der Waals surface area (Å²) in [7, 11) is 0. The Kier molecular flexibility index (Phi) is 5.49. The number of unbranched alkanes of at least 4 members (excludes halogenated alkanes) is 1. The third-order valence-corrected chi connectivity index (χ3v) is 1.47. The average molecular weight is 174 g/mol. The largest absolute Gasteiger partial charge is 0.362 e. The highest BCUT2D eigenvalue weighted by atomic mass is 16.5. The lowest BCUT2D eigenvalue weighted by Gasteiger charge is -2.00. The Bertz CT molecular complexity index is 162. The topological polar surface area (TPSA) is 74.6 Å². The van der Waals surface area contributed by atoms with E-state index in [1.165, 1.54) is 0 Å². The first kappa shape index (κ1) is 11.3. The standard InChI is InChI=1S/C8H14O4/c1-2-3-4-6(9)5-7(10)8(11)12/h8,11-12H,2-5H2,1H3. The maximum absolute atomic E-state index is 10.9. The molecular weight excluding hydrogens is 160 g/mol. The van der Waals surface area contributed by atoms with Gasteiger partial charge in [0, 0.05) is 6.42 Å². The molecule has 0 saturated heterocycles. The zero-order valence-electron chi connectivity index (χ0n) is 7.12. The van der Waals surface area contributed by atoms with Crippen molar-refractivity contribution in [3.63, 3.8) is 0 Å². The van der Waals surface area contributed by atoms with Crippen LogP contribution in [0, 0.1) is 0 Å². The molecule has 0 atom stereocenters. The summed E-state index contributed by atoms with van der Waals surface area (Å²) >= 11 is 0. The van der Waals surface area contributed by atoms with Crippen molar-refractivity contribution in [1.29, 1.82) is 0 Å². The summed E-state index contributed by atoms with van der Waals surface area (Å²) in [5.74, 6) is -1.05. The quantitative estimate of drug-likeness (QED) is 0.439. The fraction of sp³-hybridized carbons (Fsp3) is 0.750. The Balaban J connectivity index is 3.62. The molecule has 4 heteroatoms. The van der Waals surface area contributed by atoms with E-state index in [1.807, 2.05) is 6.92 Å². The van der Waals surface area contributed by atoms with Crippen LogP contribution in [0.4, 0.5) is 0 Å². The SMILES string of the molecule is CCCCC(=O)CC(=O)C(O)O. The van der Waals surface area contributed by atoms with Crippen molar-refractivity contribution in [2.75, 3.05) is 0 Å². The van der Waals surface area contributed by atoms with Crippen molar-refractivity contribution < 1.29 is 19.8 Å². The highest BCUT2D eigenvalue weighted by molar-refractivity contribution is 6.00. The molecule has 0 aromatic carbocycles. The number of aliphatic hydroxyl groups excluding tert-OH is 1. The molecule has 0 aliphatic rings. The molecule has 0 aromatic heterocycles. The molecule has 4 nitrogen and oxygen atoms in total. The van der Waals surface area contributed by atoms with Gasteiger partial charge in [-0.25, -0.2) is 0 Å². The van der Waals surface area contributed by atoms with Crippen molar-refractivity contribution in [3.05, 3.63) is 0 Å². The first-order valence-electron chi connectivity index (χ1n) is 3.98. The van der Waals surface area contributed by atoms with Crippen LogP contribution in [0.5, 0.6) is 0 Å². The fourth-order valence-corrected chi connectivity index (χ4v) is 0.748. The smallest absolute Gasteiger partial charge is 0.213 e. The van der Waals surface area contributed by atoms with E-state index in [1.54, 1.807) is 0 Å². The van der Waals surface area contributed by atoms with Gasteiger partial charge < -0.3 is 10.2 Å². The van der Waals surface area contributed by atoms with E-state index in [2.05, 4.69) is 0 Å². The third-order valence-electron chi connectivity index (χ3n) is 1.47. The molecule has 0 amide bonds. The van der Waals surface area contributed by atoms with Crippen LogP contribution >= 0.6 is 0 Å². The molecule has 70 valence electrons. The number of carbonyl (C=O) groups excluding carboxylic acids is 2. The van der Waals surface area contributed by atoms with E-state index in [4.69, 9.17) is 10.2 Å². The Morgan fingerprint density at radius 2 is 1.92 bits per heavy atom. The summed E-state index contributed by atoms with van der Waals surface area (Å²) in [5, 5.41) is 16.7. The first-order chi connectivity index (χ1) is 5.57. The molecule has 0 saturated carbocycles. The predicted octanol–water partition coefficient (Wildman–Crippen LogP) is 0.0156. The van der Waals surface area contributed by atoms with E-state index in [0.717, 1.165) is 12.8 Å². The number of hydrogen-bond acceptors (Lipinski definition) is 4. The normalized spacial score (nSPS) is 10.3. The van der Waals surface area contributed by atoms with Crippen LogP contribution in [0.3, 0.4) is 0 Å². The van der Waals surface area contributed by atoms with Gasteiger partial charge in [0.05, 0.1) is 6.42 Å². The van der Waals surface area contributed by atoms with Crippen molar-refractivity contribution in [2.24, 2.45) is 0 Å². The van der Waals surface area contributed by atoms with Crippen LogP contribution in [0.15, 0.2) is 0 Å². The van der Waals surface area contributed by atoms with Gasteiger partial charge in [-0.3, -0.25) is 9.59 Å². The molecule has 0 fully saturated rings. The van der Waals surface area contributed by atoms with Gasteiger partial charge in [0.2, 0.25) is 6.29 Å². The number of rotatable bonds is 6. The number of carbonyl (C=O) groups is 2. The second-order valence-corrected chi connectivity index (χ2v) is 2.66.